The average molecular weight is 245 g/mol. The summed E-state index contributed by atoms with van der Waals surface area (Å²) < 4.78 is 40.0. The van der Waals surface area contributed by atoms with Crippen LogP contribution in [-0.4, -0.2) is 37.0 Å². The summed E-state index contributed by atoms with van der Waals surface area (Å²) in [6.45, 7) is 0.370. The highest BCUT2D eigenvalue weighted by molar-refractivity contribution is 5.24. The van der Waals surface area contributed by atoms with E-state index in [1.165, 1.54) is 7.11 Å². The van der Waals surface area contributed by atoms with E-state index in [1.54, 1.807) is 17.1 Å². The standard InChI is InChI=1S/C12H18F2N2O/c1-17-11-3-2-9(15)8-10(11)16-6-4-12(13,14)5-7-16/h2-3,10H,4-8,15H2,1H3/i10D. The molecule has 1 heterocycles. The molecule has 17 heavy (non-hydrogen) atoms. The topological polar surface area (TPSA) is 38.5 Å². The van der Waals surface area contributed by atoms with Gasteiger partial charge in [0, 0.05) is 38.0 Å². The van der Waals surface area contributed by atoms with Gasteiger partial charge < -0.3 is 10.5 Å². The van der Waals surface area contributed by atoms with Crippen LogP contribution in [-0.2, 0) is 4.74 Å². The molecule has 2 N–H and O–H groups in total. The number of ether oxygens (including phenoxy) is 1. The first-order chi connectivity index (χ1) is 8.37. The quantitative estimate of drug-likeness (QED) is 0.807. The third-order valence-corrected chi connectivity index (χ3v) is 3.20. The van der Waals surface area contributed by atoms with Crippen molar-refractivity contribution in [3.63, 3.8) is 0 Å². The van der Waals surface area contributed by atoms with Gasteiger partial charge in [-0.1, -0.05) is 0 Å². The summed E-state index contributed by atoms with van der Waals surface area (Å²) in [7, 11) is 1.49. The van der Waals surface area contributed by atoms with E-state index in [2.05, 4.69) is 0 Å². The summed E-state index contributed by atoms with van der Waals surface area (Å²) in [5, 5.41) is 0. The van der Waals surface area contributed by atoms with Crippen LogP contribution in [0.2, 0.25) is 0 Å². The van der Waals surface area contributed by atoms with Crippen LogP contribution in [0.1, 0.15) is 20.6 Å². The van der Waals surface area contributed by atoms with Crippen molar-refractivity contribution in [3.05, 3.63) is 23.6 Å². The van der Waals surface area contributed by atoms with Gasteiger partial charge in [-0.3, -0.25) is 4.90 Å². The van der Waals surface area contributed by atoms with Crippen LogP contribution >= 0.6 is 0 Å². The molecule has 0 bridgehead atoms. The molecule has 1 aliphatic carbocycles. The van der Waals surface area contributed by atoms with Crippen LogP contribution in [0, 0.1) is 0 Å². The Morgan fingerprint density at radius 1 is 1.47 bits per heavy atom. The van der Waals surface area contributed by atoms with Crippen LogP contribution in [0.4, 0.5) is 8.78 Å². The van der Waals surface area contributed by atoms with Crippen molar-refractivity contribution >= 4 is 0 Å². The molecule has 1 fully saturated rings. The van der Waals surface area contributed by atoms with E-state index >= 15 is 0 Å². The molecule has 0 spiro atoms. The minimum atomic E-state index is -2.61. The lowest BCUT2D eigenvalue weighted by molar-refractivity contribution is -0.0635. The molecule has 3 nitrogen and oxygen atoms in total. The van der Waals surface area contributed by atoms with Gasteiger partial charge in [-0.15, -0.1) is 0 Å². The highest BCUT2D eigenvalue weighted by Gasteiger charge is 2.37. The van der Waals surface area contributed by atoms with Crippen LogP contribution in [0.25, 0.3) is 0 Å². The Bertz CT molecular complexity index is 388. The Morgan fingerprint density at radius 3 is 2.71 bits per heavy atom. The van der Waals surface area contributed by atoms with Gasteiger partial charge in [-0.25, -0.2) is 8.78 Å². The molecular formula is C12H18F2N2O. The van der Waals surface area contributed by atoms with Crippen LogP contribution in [0.5, 0.6) is 0 Å². The Morgan fingerprint density at radius 2 is 2.12 bits per heavy atom. The number of hydrogen-bond acceptors (Lipinski definition) is 3. The van der Waals surface area contributed by atoms with Crippen LogP contribution in [0.15, 0.2) is 23.6 Å². The Balaban J connectivity index is 2.17. The van der Waals surface area contributed by atoms with E-state index in [0.717, 1.165) is 0 Å². The van der Waals surface area contributed by atoms with Crippen molar-refractivity contribution in [1.82, 2.24) is 4.90 Å². The van der Waals surface area contributed by atoms with Gasteiger partial charge in [0.1, 0.15) is 5.76 Å². The minimum absolute atomic E-state index is 0.185. The number of piperidine rings is 1. The summed E-state index contributed by atoms with van der Waals surface area (Å²) in [5.41, 5.74) is 6.33. The first-order valence-electron chi connectivity index (χ1n) is 6.21. The normalized spacial score (nSPS) is 34.6. The maximum atomic E-state index is 13.2. The van der Waals surface area contributed by atoms with Crippen molar-refractivity contribution < 1.29 is 14.9 Å². The number of hydrogen-bond donors (Lipinski definition) is 1. The zero-order valence-corrected chi connectivity index (χ0v) is 9.88. The number of halogens is 2. The SMILES string of the molecule is [2H]C1(N2CCC(F)(F)CC2)CC(N)=CC=C1OC. The van der Waals surface area contributed by atoms with Crippen LogP contribution in [0.3, 0.4) is 0 Å². The molecule has 1 unspecified atom stereocenters. The second-order valence-corrected chi connectivity index (χ2v) is 4.44. The molecule has 1 saturated heterocycles. The number of methoxy groups -OCH3 is 1. The number of nitrogens with zero attached hydrogens (tertiary/aromatic N) is 1. The maximum Gasteiger partial charge on any atom is 0.250 e. The highest BCUT2D eigenvalue weighted by Crippen LogP contribution is 2.32. The van der Waals surface area contributed by atoms with E-state index in [4.69, 9.17) is 11.8 Å². The lowest BCUT2D eigenvalue weighted by atomic mass is 9.98. The summed E-state index contributed by atoms with van der Waals surface area (Å²) in [4.78, 5) is 1.72. The van der Waals surface area contributed by atoms with Crippen molar-refractivity contribution in [3.8, 4) is 0 Å². The number of nitrogens with two attached hydrogens (primary N) is 1. The van der Waals surface area contributed by atoms with Gasteiger partial charge in [-0.05, 0) is 12.2 Å². The summed E-state index contributed by atoms with van der Waals surface area (Å²) in [6, 6.07) is -1.15. The highest BCUT2D eigenvalue weighted by atomic mass is 19.3. The van der Waals surface area contributed by atoms with Crippen molar-refractivity contribution in [2.45, 2.75) is 31.2 Å². The van der Waals surface area contributed by atoms with E-state index in [1.807, 2.05) is 0 Å². The molecular weight excluding hydrogens is 226 g/mol. The molecule has 0 aromatic rings. The van der Waals surface area contributed by atoms with Gasteiger partial charge >= 0.3 is 0 Å². The van der Waals surface area contributed by atoms with Gasteiger partial charge in [-0.2, -0.15) is 0 Å². The first kappa shape index (κ1) is 11.0. The smallest absolute Gasteiger partial charge is 0.250 e. The molecule has 5 heteroatoms. The van der Waals surface area contributed by atoms with Crippen molar-refractivity contribution in [1.29, 1.82) is 0 Å². The fourth-order valence-corrected chi connectivity index (χ4v) is 2.18. The maximum absolute atomic E-state index is 13.2. The van der Waals surface area contributed by atoms with Gasteiger partial charge in [0.25, 0.3) is 5.92 Å². The van der Waals surface area contributed by atoms with Crippen molar-refractivity contribution in [2.24, 2.45) is 5.73 Å². The third kappa shape index (κ3) is 2.77. The first-order valence-corrected chi connectivity index (χ1v) is 5.71. The second kappa shape index (κ2) is 4.64. The molecule has 2 aliphatic rings. The fourth-order valence-electron chi connectivity index (χ4n) is 2.18. The van der Waals surface area contributed by atoms with Gasteiger partial charge in [0.05, 0.1) is 14.5 Å². The molecule has 0 saturated carbocycles. The lowest BCUT2D eigenvalue weighted by Gasteiger charge is -2.38. The fraction of sp³-hybridized carbons (Fsp3) is 0.667. The Hall–Kier alpha value is -1.10. The monoisotopic (exact) mass is 245 g/mol. The predicted octanol–water partition coefficient (Wildman–Crippen LogP) is 1.86. The van der Waals surface area contributed by atoms with Crippen molar-refractivity contribution in [2.75, 3.05) is 20.2 Å². The Labute approximate surface area is 101 Å². The number of likely N-dealkylation sites (tertiary alicyclic amines) is 1. The number of rotatable bonds is 2. The van der Waals surface area contributed by atoms with Gasteiger partial charge in [0.2, 0.25) is 0 Å². The molecule has 1 aliphatic heterocycles. The van der Waals surface area contributed by atoms with E-state index in [0.29, 0.717) is 11.5 Å². The third-order valence-electron chi connectivity index (χ3n) is 3.20. The van der Waals surface area contributed by atoms with Gasteiger partial charge in [0.15, 0.2) is 0 Å². The molecule has 2 rings (SSSR count). The van der Waals surface area contributed by atoms with E-state index in [-0.39, 0.29) is 32.4 Å². The molecule has 0 aromatic carbocycles. The largest absolute Gasteiger partial charge is 0.499 e. The molecule has 0 radical (unpaired) electrons. The predicted molar refractivity (Wildman–Crippen MR) is 61.5 cm³/mol. The second-order valence-electron chi connectivity index (χ2n) is 4.44. The molecule has 1 atom stereocenters. The average Bonchev–Trinajstić information content (AvgIpc) is 2.28. The molecule has 96 valence electrons. The number of alkyl halides is 2. The zero-order chi connectivity index (χ0) is 13.4. The molecule has 0 aromatic heterocycles. The summed E-state index contributed by atoms with van der Waals surface area (Å²) in [5.74, 6) is -2.15. The lowest BCUT2D eigenvalue weighted by Crippen LogP contribution is -2.47. The van der Waals surface area contributed by atoms with E-state index < -0.39 is 11.9 Å². The van der Waals surface area contributed by atoms with Crippen LogP contribution < -0.4 is 5.73 Å². The van der Waals surface area contributed by atoms with E-state index in [9.17, 15) is 8.78 Å². The minimum Gasteiger partial charge on any atom is -0.499 e. The zero-order valence-electron chi connectivity index (χ0n) is 10.9. The summed E-state index contributed by atoms with van der Waals surface area (Å²) in [6.07, 6.45) is 3.21. The summed E-state index contributed by atoms with van der Waals surface area (Å²) >= 11 is 0. The molecule has 0 amide bonds. The Kier molecular flexibility index (Phi) is 3.01. The number of allylic oxidation sites excluding steroid dienone is 2.